The molecule has 5 rings (SSSR count). The van der Waals surface area contributed by atoms with Gasteiger partial charge in [-0.05, 0) is 43.2 Å². The fourth-order valence-corrected chi connectivity index (χ4v) is 4.92. The summed E-state index contributed by atoms with van der Waals surface area (Å²) in [5, 5.41) is 9.84. The van der Waals surface area contributed by atoms with Crippen molar-refractivity contribution in [1.29, 1.82) is 0 Å². The summed E-state index contributed by atoms with van der Waals surface area (Å²) in [4.78, 5) is 15.1. The van der Waals surface area contributed by atoms with E-state index in [9.17, 15) is 4.79 Å². The highest BCUT2D eigenvalue weighted by atomic mass is 32.2. The van der Waals surface area contributed by atoms with Gasteiger partial charge in [0.15, 0.2) is 10.9 Å². The Hall–Kier alpha value is -2.60. The molecule has 2 aliphatic rings. The van der Waals surface area contributed by atoms with E-state index >= 15 is 0 Å². The first-order valence-corrected chi connectivity index (χ1v) is 11.8. The molecule has 0 bridgehead atoms. The third-order valence-electron chi connectivity index (χ3n) is 5.84. The fraction of sp³-hybridized carbons (Fsp3) is 0.375. The Morgan fingerprint density at radius 1 is 0.900 bits per heavy atom. The van der Waals surface area contributed by atoms with Crippen molar-refractivity contribution in [2.75, 3.05) is 23.7 Å². The van der Waals surface area contributed by atoms with E-state index in [0.717, 1.165) is 40.9 Å². The van der Waals surface area contributed by atoms with Crippen LogP contribution in [0.4, 0.5) is 5.95 Å². The molecule has 1 saturated heterocycles. The molecule has 0 unspecified atom stereocenters. The van der Waals surface area contributed by atoms with E-state index in [1.807, 2.05) is 42.5 Å². The van der Waals surface area contributed by atoms with Crippen molar-refractivity contribution in [2.24, 2.45) is 0 Å². The maximum absolute atomic E-state index is 12.8. The average Bonchev–Trinajstić information content (AvgIpc) is 3.57. The van der Waals surface area contributed by atoms with Crippen LogP contribution in [0, 0.1) is 0 Å². The molecule has 0 radical (unpaired) electrons. The Labute approximate surface area is 181 Å². The smallest absolute Gasteiger partial charge is 0.228 e. The van der Waals surface area contributed by atoms with E-state index in [4.69, 9.17) is 0 Å². The average molecular weight is 419 g/mol. The SMILES string of the molecule is O=C(CSc1nnc(N2CCCCC2)n1C1CC1)c1ccc(-c2ccccc2)cc1. The summed E-state index contributed by atoms with van der Waals surface area (Å²) in [6, 6.07) is 18.6. The Morgan fingerprint density at radius 2 is 1.60 bits per heavy atom. The van der Waals surface area contributed by atoms with Crippen LogP contribution >= 0.6 is 11.8 Å². The first-order valence-electron chi connectivity index (χ1n) is 10.8. The summed E-state index contributed by atoms with van der Waals surface area (Å²) in [5.41, 5.74) is 3.03. The lowest BCUT2D eigenvalue weighted by atomic mass is 10.0. The lowest BCUT2D eigenvalue weighted by molar-refractivity contribution is 0.102. The van der Waals surface area contributed by atoms with E-state index in [0.29, 0.717) is 11.8 Å². The zero-order chi connectivity index (χ0) is 20.3. The van der Waals surface area contributed by atoms with E-state index in [2.05, 4.69) is 31.8 Å². The number of anilines is 1. The van der Waals surface area contributed by atoms with Gasteiger partial charge < -0.3 is 4.90 Å². The van der Waals surface area contributed by atoms with E-state index in [1.54, 1.807) is 0 Å². The van der Waals surface area contributed by atoms with Gasteiger partial charge in [-0.1, -0.05) is 66.4 Å². The maximum Gasteiger partial charge on any atom is 0.228 e. The van der Waals surface area contributed by atoms with Crippen molar-refractivity contribution < 1.29 is 4.79 Å². The standard InChI is InChI=1S/C24H26N4OS/c29-22(20-11-9-19(10-12-20)18-7-3-1-4-8-18)17-30-24-26-25-23(28(24)21-13-14-21)27-15-5-2-6-16-27/h1,3-4,7-12,21H,2,5-6,13-17H2. The summed E-state index contributed by atoms with van der Waals surface area (Å²) >= 11 is 1.52. The van der Waals surface area contributed by atoms with Gasteiger partial charge in [-0.25, -0.2) is 0 Å². The lowest BCUT2D eigenvalue weighted by Crippen LogP contribution is -2.31. The third kappa shape index (κ3) is 4.15. The number of carbonyl (C=O) groups is 1. The van der Waals surface area contributed by atoms with Crippen molar-refractivity contribution in [2.45, 2.75) is 43.3 Å². The number of hydrogen-bond donors (Lipinski definition) is 0. The molecule has 2 aromatic carbocycles. The third-order valence-corrected chi connectivity index (χ3v) is 6.79. The number of carbonyl (C=O) groups excluding carboxylic acids is 1. The van der Waals surface area contributed by atoms with Gasteiger partial charge in [0.2, 0.25) is 5.95 Å². The highest BCUT2D eigenvalue weighted by Gasteiger charge is 2.32. The molecular formula is C24H26N4OS. The number of thioether (sulfide) groups is 1. The van der Waals surface area contributed by atoms with Crippen LogP contribution in [-0.4, -0.2) is 39.4 Å². The molecule has 1 saturated carbocycles. The van der Waals surface area contributed by atoms with Crippen LogP contribution < -0.4 is 4.90 Å². The molecular weight excluding hydrogens is 392 g/mol. The van der Waals surface area contributed by atoms with Crippen molar-refractivity contribution in [3.05, 3.63) is 60.2 Å². The van der Waals surface area contributed by atoms with Crippen LogP contribution in [-0.2, 0) is 0 Å². The quantitative estimate of drug-likeness (QED) is 0.388. The zero-order valence-corrected chi connectivity index (χ0v) is 17.9. The molecule has 1 aliphatic carbocycles. The molecule has 0 atom stereocenters. The van der Waals surface area contributed by atoms with Crippen LogP contribution in [0.25, 0.3) is 11.1 Å². The second-order valence-electron chi connectivity index (χ2n) is 8.09. The lowest BCUT2D eigenvalue weighted by Gasteiger charge is -2.27. The van der Waals surface area contributed by atoms with Crippen molar-refractivity contribution in [3.63, 3.8) is 0 Å². The Kier molecular flexibility index (Phi) is 5.58. The summed E-state index contributed by atoms with van der Waals surface area (Å²) < 4.78 is 2.28. The number of nitrogens with zero attached hydrogens (tertiary/aromatic N) is 4. The summed E-state index contributed by atoms with van der Waals surface area (Å²) in [6.07, 6.45) is 6.10. The minimum absolute atomic E-state index is 0.129. The molecule has 0 N–H and O–H groups in total. The van der Waals surface area contributed by atoms with Crippen molar-refractivity contribution in [1.82, 2.24) is 14.8 Å². The van der Waals surface area contributed by atoms with Gasteiger partial charge in [-0.2, -0.15) is 0 Å². The molecule has 30 heavy (non-hydrogen) atoms. The molecule has 1 aliphatic heterocycles. The fourth-order valence-electron chi connectivity index (χ4n) is 4.02. The molecule has 1 aromatic heterocycles. The normalized spacial score (nSPS) is 16.6. The number of hydrogen-bond acceptors (Lipinski definition) is 5. The van der Waals surface area contributed by atoms with Gasteiger partial charge in [-0.3, -0.25) is 9.36 Å². The summed E-state index contributed by atoms with van der Waals surface area (Å²) in [5.74, 6) is 1.51. The topological polar surface area (TPSA) is 51.0 Å². The number of Topliss-reactive ketones (excluding diaryl/α,β-unsaturated/α-hetero) is 1. The van der Waals surface area contributed by atoms with E-state index in [1.165, 1.54) is 43.9 Å². The highest BCUT2D eigenvalue weighted by molar-refractivity contribution is 7.99. The first-order chi connectivity index (χ1) is 14.8. The van der Waals surface area contributed by atoms with Gasteiger partial charge in [0.1, 0.15) is 0 Å². The van der Waals surface area contributed by atoms with Gasteiger partial charge >= 0.3 is 0 Å². The number of aromatic nitrogens is 3. The van der Waals surface area contributed by atoms with E-state index < -0.39 is 0 Å². The zero-order valence-electron chi connectivity index (χ0n) is 17.0. The van der Waals surface area contributed by atoms with E-state index in [-0.39, 0.29) is 5.78 Å². The molecule has 0 amide bonds. The number of rotatable bonds is 7. The van der Waals surface area contributed by atoms with Crippen LogP contribution in [0.15, 0.2) is 59.8 Å². The number of ketones is 1. The minimum atomic E-state index is 0.129. The summed E-state index contributed by atoms with van der Waals surface area (Å²) in [6.45, 7) is 2.12. The van der Waals surface area contributed by atoms with Gasteiger partial charge in [0.05, 0.1) is 5.75 Å². The molecule has 154 valence electrons. The molecule has 2 fully saturated rings. The highest BCUT2D eigenvalue weighted by Crippen LogP contribution is 2.41. The Bertz CT molecular complexity index is 1010. The van der Waals surface area contributed by atoms with Crippen LogP contribution in [0.2, 0.25) is 0 Å². The second-order valence-corrected chi connectivity index (χ2v) is 9.03. The molecule has 3 aromatic rings. The molecule has 6 heteroatoms. The number of benzene rings is 2. The van der Waals surface area contributed by atoms with Crippen molar-refractivity contribution in [3.8, 4) is 11.1 Å². The predicted molar refractivity (Wildman–Crippen MR) is 121 cm³/mol. The van der Waals surface area contributed by atoms with Gasteiger partial charge in [0, 0.05) is 24.7 Å². The van der Waals surface area contributed by atoms with Gasteiger partial charge in [0.25, 0.3) is 0 Å². The largest absolute Gasteiger partial charge is 0.341 e. The van der Waals surface area contributed by atoms with Crippen LogP contribution in [0.1, 0.15) is 48.5 Å². The predicted octanol–water partition coefficient (Wildman–Crippen LogP) is 5.25. The second kappa shape index (κ2) is 8.64. The number of piperidine rings is 1. The molecule has 2 heterocycles. The van der Waals surface area contributed by atoms with Crippen molar-refractivity contribution >= 4 is 23.5 Å². The first kappa shape index (κ1) is 19.4. The molecule has 0 spiro atoms. The van der Waals surface area contributed by atoms with Crippen LogP contribution in [0.3, 0.4) is 0 Å². The van der Waals surface area contributed by atoms with Gasteiger partial charge in [-0.15, -0.1) is 10.2 Å². The summed E-state index contributed by atoms with van der Waals surface area (Å²) in [7, 11) is 0. The van der Waals surface area contributed by atoms with Crippen LogP contribution in [0.5, 0.6) is 0 Å². The minimum Gasteiger partial charge on any atom is -0.341 e. The Balaban J connectivity index is 1.27. The monoisotopic (exact) mass is 418 g/mol. The molecule has 5 nitrogen and oxygen atoms in total. The maximum atomic E-state index is 12.8. The Morgan fingerprint density at radius 3 is 2.30 bits per heavy atom.